The van der Waals surface area contributed by atoms with E-state index in [1.165, 1.54) is 0 Å². The Kier molecular flexibility index (Phi) is 3.54. The molecule has 2 rings (SSSR count). The van der Waals surface area contributed by atoms with Gasteiger partial charge >= 0.3 is 0 Å². The van der Waals surface area contributed by atoms with Crippen LogP contribution in [0.4, 0.5) is 10.1 Å². The highest BCUT2D eigenvalue weighted by Crippen LogP contribution is 2.16. The maximum Gasteiger partial charge on any atom is 0.241 e. The number of anilines is 1. The molecule has 0 saturated carbocycles. The number of hydrogen-bond acceptors (Lipinski definition) is 5. The summed E-state index contributed by atoms with van der Waals surface area (Å²) in [4.78, 5) is -0.109. The van der Waals surface area contributed by atoms with Crippen molar-refractivity contribution in [3.63, 3.8) is 0 Å². The van der Waals surface area contributed by atoms with E-state index in [0.717, 1.165) is 18.2 Å². The van der Waals surface area contributed by atoms with Crippen LogP contribution in [-0.4, -0.2) is 13.6 Å². The zero-order chi connectivity index (χ0) is 14.0. The van der Waals surface area contributed by atoms with Crippen molar-refractivity contribution in [3.05, 3.63) is 41.5 Å². The van der Waals surface area contributed by atoms with Crippen LogP contribution in [0.5, 0.6) is 0 Å². The predicted octanol–water partition coefficient (Wildman–Crippen LogP) is 1.18. The highest BCUT2D eigenvalue weighted by molar-refractivity contribution is 7.89. The van der Waals surface area contributed by atoms with Crippen molar-refractivity contribution >= 4 is 15.7 Å². The molecule has 2 aromatic rings. The first-order valence-corrected chi connectivity index (χ1v) is 6.84. The molecule has 0 aliphatic heterocycles. The van der Waals surface area contributed by atoms with Crippen LogP contribution < -0.4 is 10.5 Å². The first-order chi connectivity index (χ1) is 8.88. The van der Waals surface area contributed by atoms with Crippen LogP contribution in [0, 0.1) is 12.7 Å². The smallest absolute Gasteiger partial charge is 0.241 e. The Morgan fingerprint density at radius 2 is 2.16 bits per heavy atom. The first-order valence-electron chi connectivity index (χ1n) is 5.35. The van der Waals surface area contributed by atoms with E-state index in [-0.39, 0.29) is 17.1 Å². The fourth-order valence-corrected chi connectivity index (χ4v) is 2.47. The predicted molar refractivity (Wildman–Crippen MR) is 66.1 cm³/mol. The number of hydrogen-bond donors (Lipinski definition) is 2. The Morgan fingerprint density at radius 1 is 1.42 bits per heavy atom. The van der Waals surface area contributed by atoms with Gasteiger partial charge in [0.1, 0.15) is 5.82 Å². The average molecular weight is 285 g/mol. The van der Waals surface area contributed by atoms with E-state index >= 15 is 0 Å². The summed E-state index contributed by atoms with van der Waals surface area (Å²) in [5.74, 6) is -0.277. The summed E-state index contributed by atoms with van der Waals surface area (Å²) in [6.45, 7) is 1.68. The number of sulfonamides is 1. The lowest BCUT2D eigenvalue weighted by atomic mass is 10.3. The van der Waals surface area contributed by atoms with E-state index in [1.54, 1.807) is 13.0 Å². The lowest BCUT2D eigenvalue weighted by Gasteiger charge is -2.06. The molecule has 1 aromatic heterocycles. The molecule has 0 saturated heterocycles. The zero-order valence-electron chi connectivity index (χ0n) is 10.1. The van der Waals surface area contributed by atoms with Gasteiger partial charge in [-0.3, -0.25) is 0 Å². The quantitative estimate of drug-likeness (QED) is 0.822. The molecule has 1 aromatic carbocycles. The van der Waals surface area contributed by atoms with Gasteiger partial charge in [0.05, 0.1) is 22.8 Å². The van der Waals surface area contributed by atoms with E-state index < -0.39 is 15.8 Å². The molecule has 1 heterocycles. The average Bonchev–Trinajstić information content (AvgIpc) is 2.76. The minimum atomic E-state index is -3.77. The summed E-state index contributed by atoms with van der Waals surface area (Å²) in [5.41, 5.74) is 5.76. The summed E-state index contributed by atoms with van der Waals surface area (Å²) in [6.07, 6.45) is 0. The molecular formula is C11H12FN3O3S. The van der Waals surface area contributed by atoms with Crippen molar-refractivity contribution < 1.29 is 17.3 Å². The van der Waals surface area contributed by atoms with Crippen LogP contribution in [0.3, 0.4) is 0 Å². The molecule has 8 heteroatoms. The van der Waals surface area contributed by atoms with Crippen molar-refractivity contribution in [3.8, 4) is 0 Å². The van der Waals surface area contributed by atoms with Gasteiger partial charge in [-0.1, -0.05) is 5.16 Å². The largest absolute Gasteiger partial charge is 0.396 e. The first kappa shape index (κ1) is 13.5. The second kappa shape index (κ2) is 4.98. The van der Waals surface area contributed by atoms with E-state index in [1.807, 2.05) is 0 Å². The molecule has 0 spiro atoms. The molecule has 0 unspecified atom stereocenters. The third kappa shape index (κ3) is 3.09. The second-order valence-electron chi connectivity index (χ2n) is 3.94. The van der Waals surface area contributed by atoms with E-state index in [9.17, 15) is 12.8 Å². The van der Waals surface area contributed by atoms with Crippen LogP contribution in [0.2, 0.25) is 0 Å². The van der Waals surface area contributed by atoms with Gasteiger partial charge in [0, 0.05) is 6.07 Å². The van der Waals surface area contributed by atoms with Crippen molar-refractivity contribution in [2.75, 3.05) is 5.73 Å². The molecule has 0 bridgehead atoms. The van der Waals surface area contributed by atoms with Crippen LogP contribution >= 0.6 is 0 Å². The molecule has 0 atom stereocenters. The van der Waals surface area contributed by atoms with Crippen molar-refractivity contribution in [2.24, 2.45) is 0 Å². The summed E-state index contributed by atoms with van der Waals surface area (Å²) in [7, 11) is -3.77. The Balaban J connectivity index is 2.16. The molecule has 3 N–H and O–H groups in total. The zero-order valence-corrected chi connectivity index (χ0v) is 10.9. The van der Waals surface area contributed by atoms with E-state index in [4.69, 9.17) is 10.3 Å². The minimum Gasteiger partial charge on any atom is -0.396 e. The molecule has 0 aliphatic rings. The summed E-state index contributed by atoms with van der Waals surface area (Å²) < 4.78 is 44.0. The van der Waals surface area contributed by atoms with Gasteiger partial charge in [-0.05, 0) is 25.1 Å². The fraction of sp³-hybridized carbons (Fsp3) is 0.182. The number of benzene rings is 1. The Bertz CT molecular complexity index is 697. The van der Waals surface area contributed by atoms with Gasteiger partial charge in [0.15, 0.2) is 5.76 Å². The summed E-state index contributed by atoms with van der Waals surface area (Å²) >= 11 is 0. The maximum atomic E-state index is 13.0. The normalized spacial score (nSPS) is 11.7. The SMILES string of the molecule is Cc1cc(CNS(=O)(=O)c2ccc(F)c(N)c2)on1. The van der Waals surface area contributed by atoms with Gasteiger partial charge in [-0.25, -0.2) is 17.5 Å². The number of rotatable bonds is 4. The molecule has 0 radical (unpaired) electrons. The molecule has 0 fully saturated rings. The number of halogens is 1. The van der Waals surface area contributed by atoms with Gasteiger partial charge in [0.25, 0.3) is 0 Å². The summed E-state index contributed by atoms with van der Waals surface area (Å²) in [6, 6.07) is 4.81. The van der Waals surface area contributed by atoms with E-state index in [0.29, 0.717) is 11.5 Å². The maximum absolute atomic E-state index is 13.0. The third-order valence-electron chi connectivity index (χ3n) is 2.39. The van der Waals surface area contributed by atoms with Crippen molar-refractivity contribution in [1.82, 2.24) is 9.88 Å². The fourth-order valence-electron chi connectivity index (χ4n) is 1.44. The van der Waals surface area contributed by atoms with Gasteiger partial charge in [-0.2, -0.15) is 0 Å². The lowest BCUT2D eigenvalue weighted by Crippen LogP contribution is -2.23. The minimum absolute atomic E-state index is 0.0412. The Morgan fingerprint density at radius 3 is 2.74 bits per heavy atom. The van der Waals surface area contributed by atoms with Crippen LogP contribution in [0.15, 0.2) is 33.7 Å². The van der Waals surface area contributed by atoms with Crippen LogP contribution in [-0.2, 0) is 16.6 Å². The van der Waals surface area contributed by atoms with E-state index in [2.05, 4.69) is 9.88 Å². The number of nitrogen functional groups attached to an aromatic ring is 1. The summed E-state index contributed by atoms with van der Waals surface area (Å²) in [5, 5.41) is 3.64. The number of nitrogens with two attached hydrogens (primary N) is 1. The molecule has 19 heavy (non-hydrogen) atoms. The highest BCUT2D eigenvalue weighted by atomic mass is 32.2. The van der Waals surface area contributed by atoms with Gasteiger partial charge in [-0.15, -0.1) is 0 Å². The number of aryl methyl sites for hydroxylation is 1. The topological polar surface area (TPSA) is 98.2 Å². The number of aromatic nitrogens is 1. The molecule has 102 valence electrons. The third-order valence-corrected chi connectivity index (χ3v) is 3.79. The Hall–Kier alpha value is -1.93. The number of nitrogens with zero attached hydrogens (tertiary/aromatic N) is 1. The second-order valence-corrected chi connectivity index (χ2v) is 5.71. The van der Waals surface area contributed by atoms with Gasteiger partial charge in [0.2, 0.25) is 10.0 Å². The lowest BCUT2D eigenvalue weighted by molar-refractivity contribution is 0.377. The van der Waals surface area contributed by atoms with Crippen LogP contribution in [0.1, 0.15) is 11.5 Å². The van der Waals surface area contributed by atoms with Crippen molar-refractivity contribution in [2.45, 2.75) is 18.4 Å². The number of nitrogens with one attached hydrogen (secondary N) is 1. The highest BCUT2D eigenvalue weighted by Gasteiger charge is 2.16. The molecular weight excluding hydrogens is 273 g/mol. The Labute approximate surface area is 109 Å². The monoisotopic (exact) mass is 285 g/mol. The molecule has 0 aliphatic carbocycles. The standard InChI is InChI=1S/C11H12FN3O3S/c1-7-4-8(18-15-7)6-14-19(16,17)9-2-3-10(12)11(13)5-9/h2-5,14H,6,13H2,1H3. The molecule has 6 nitrogen and oxygen atoms in total. The van der Waals surface area contributed by atoms with Gasteiger partial charge < -0.3 is 10.3 Å². The van der Waals surface area contributed by atoms with Crippen LogP contribution in [0.25, 0.3) is 0 Å². The molecule has 0 amide bonds. The van der Waals surface area contributed by atoms with Crippen molar-refractivity contribution in [1.29, 1.82) is 0 Å².